The molecule has 2 nitrogen and oxygen atoms in total. The molecule has 0 saturated heterocycles. The summed E-state index contributed by atoms with van der Waals surface area (Å²) in [5, 5.41) is 0. The van der Waals surface area contributed by atoms with Gasteiger partial charge in [-0.2, -0.15) is 0 Å². The van der Waals surface area contributed by atoms with Crippen LogP contribution in [0.5, 0.6) is 5.75 Å². The Hall–Kier alpha value is -0.900. The number of hydrogen-bond acceptors (Lipinski definition) is 3. The summed E-state index contributed by atoms with van der Waals surface area (Å²) >= 11 is 1.67. The lowest BCUT2D eigenvalue weighted by Crippen LogP contribution is -2.00. The van der Waals surface area contributed by atoms with Crippen LogP contribution in [0, 0.1) is 5.82 Å². The van der Waals surface area contributed by atoms with Crippen LogP contribution in [-0.2, 0) is 0 Å². The number of anilines is 1. The van der Waals surface area contributed by atoms with Crippen molar-refractivity contribution in [2.24, 2.45) is 0 Å². The summed E-state index contributed by atoms with van der Waals surface area (Å²) in [5.74, 6) is 0.944. The molecule has 1 aromatic rings. The van der Waals surface area contributed by atoms with E-state index in [9.17, 15) is 4.39 Å². The van der Waals surface area contributed by atoms with E-state index < -0.39 is 0 Å². The number of ether oxygens (including phenoxy) is 1. The van der Waals surface area contributed by atoms with E-state index in [4.69, 9.17) is 10.5 Å². The van der Waals surface area contributed by atoms with Gasteiger partial charge in [0, 0.05) is 16.6 Å². The van der Waals surface area contributed by atoms with Gasteiger partial charge in [-0.3, -0.25) is 0 Å². The zero-order valence-corrected chi connectivity index (χ0v) is 12.0. The van der Waals surface area contributed by atoms with E-state index in [1.54, 1.807) is 17.8 Å². The molecule has 0 aliphatic heterocycles. The molecule has 0 aliphatic carbocycles. The number of halogens is 1. The van der Waals surface area contributed by atoms with Crippen molar-refractivity contribution in [2.45, 2.75) is 44.4 Å². The Morgan fingerprint density at radius 2 is 2.00 bits per heavy atom. The molecule has 0 aliphatic rings. The van der Waals surface area contributed by atoms with E-state index in [2.05, 4.69) is 6.92 Å². The highest BCUT2D eigenvalue weighted by Gasteiger charge is 2.09. The molecule has 2 N–H and O–H groups in total. The van der Waals surface area contributed by atoms with Crippen molar-refractivity contribution >= 4 is 17.4 Å². The Labute approximate surface area is 113 Å². The minimum Gasteiger partial charge on any atom is -0.490 e. The largest absolute Gasteiger partial charge is 0.490 e. The van der Waals surface area contributed by atoms with Gasteiger partial charge in [0.25, 0.3) is 0 Å². The van der Waals surface area contributed by atoms with Crippen molar-refractivity contribution in [3.63, 3.8) is 0 Å². The quantitative estimate of drug-likeness (QED) is 0.430. The van der Waals surface area contributed by atoms with E-state index >= 15 is 0 Å². The first-order valence-corrected chi connectivity index (χ1v) is 7.52. The molecular weight excluding hydrogens is 249 g/mol. The summed E-state index contributed by atoms with van der Waals surface area (Å²) in [4.78, 5) is 0.915. The van der Waals surface area contributed by atoms with Gasteiger partial charge in [0.15, 0.2) is 11.6 Å². The molecule has 0 fully saturated rings. The average Bonchev–Trinajstić information content (AvgIpc) is 2.35. The van der Waals surface area contributed by atoms with E-state index in [1.165, 1.54) is 18.9 Å². The molecule has 102 valence electrons. The molecule has 4 heteroatoms. The Morgan fingerprint density at radius 3 is 2.67 bits per heavy atom. The first-order chi connectivity index (χ1) is 8.69. The van der Waals surface area contributed by atoms with Gasteiger partial charge < -0.3 is 10.5 Å². The van der Waals surface area contributed by atoms with Crippen LogP contribution in [0.15, 0.2) is 17.0 Å². The molecule has 0 atom stereocenters. The first kappa shape index (κ1) is 15.2. The van der Waals surface area contributed by atoms with Crippen molar-refractivity contribution in [3.05, 3.63) is 17.9 Å². The van der Waals surface area contributed by atoms with Gasteiger partial charge in [-0.25, -0.2) is 4.39 Å². The summed E-state index contributed by atoms with van der Waals surface area (Å²) in [5.41, 5.74) is 6.32. The van der Waals surface area contributed by atoms with Gasteiger partial charge in [-0.1, -0.05) is 26.7 Å². The zero-order chi connectivity index (χ0) is 13.4. The topological polar surface area (TPSA) is 35.2 Å². The van der Waals surface area contributed by atoms with E-state index in [0.29, 0.717) is 18.0 Å². The smallest absolute Gasteiger partial charge is 0.167 e. The van der Waals surface area contributed by atoms with Crippen molar-refractivity contribution in [3.8, 4) is 5.75 Å². The van der Waals surface area contributed by atoms with Gasteiger partial charge in [0.05, 0.1) is 6.61 Å². The highest BCUT2D eigenvalue weighted by atomic mass is 32.2. The van der Waals surface area contributed by atoms with Crippen LogP contribution in [0.4, 0.5) is 10.1 Å². The Bertz CT molecular complexity index is 371. The van der Waals surface area contributed by atoms with Crippen LogP contribution in [-0.4, -0.2) is 12.4 Å². The molecule has 1 aromatic carbocycles. The zero-order valence-electron chi connectivity index (χ0n) is 11.2. The first-order valence-electron chi connectivity index (χ1n) is 6.53. The van der Waals surface area contributed by atoms with Gasteiger partial charge in [-0.05, 0) is 24.7 Å². The monoisotopic (exact) mass is 271 g/mol. The molecule has 18 heavy (non-hydrogen) atoms. The summed E-state index contributed by atoms with van der Waals surface area (Å²) in [6, 6.07) is 3.07. The lowest BCUT2D eigenvalue weighted by molar-refractivity contribution is 0.300. The van der Waals surface area contributed by atoms with Gasteiger partial charge >= 0.3 is 0 Å². The number of thioether (sulfide) groups is 1. The van der Waals surface area contributed by atoms with Gasteiger partial charge in [-0.15, -0.1) is 11.8 Å². The summed E-state index contributed by atoms with van der Waals surface area (Å²) in [7, 11) is 0. The number of benzene rings is 1. The van der Waals surface area contributed by atoms with Crippen molar-refractivity contribution in [2.75, 3.05) is 18.1 Å². The maximum absolute atomic E-state index is 13.6. The van der Waals surface area contributed by atoms with Gasteiger partial charge in [0.2, 0.25) is 0 Å². The van der Waals surface area contributed by atoms with Crippen LogP contribution >= 0.6 is 11.8 Å². The molecule has 0 heterocycles. The lowest BCUT2D eigenvalue weighted by atomic mass is 10.3. The predicted octanol–water partition coefficient (Wildman–Crippen LogP) is 4.48. The molecule has 0 amide bonds. The number of nitrogen functional groups attached to an aromatic ring is 1. The molecule has 1 rings (SSSR count). The molecule has 0 radical (unpaired) electrons. The molecule has 0 spiro atoms. The highest BCUT2D eigenvalue weighted by Crippen LogP contribution is 2.32. The molecular formula is C14H22FNOS. The minimum atomic E-state index is -0.376. The molecule has 0 saturated carbocycles. The van der Waals surface area contributed by atoms with Crippen molar-refractivity contribution in [1.82, 2.24) is 0 Å². The van der Waals surface area contributed by atoms with Gasteiger partial charge in [0.1, 0.15) is 0 Å². The number of rotatable bonds is 8. The second kappa shape index (κ2) is 8.25. The number of hydrogen-bond donors (Lipinski definition) is 1. The third-order valence-electron chi connectivity index (χ3n) is 2.53. The Kier molecular flexibility index (Phi) is 6.94. The molecule has 0 unspecified atom stereocenters. The van der Waals surface area contributed by atoms with Crippen LogP contribution in [0.3, 0.4) is 0 Å². The predicted molar refractivity (Wildman–Crippen MR) is 76.8 cm³/mol. The maximum Gasteiger partial charge on any atom is 0.167 e. The second-order valence-electron chi connectivity index (χ2n) is 4.22. The number of nitrogens with two attached hydrogens (primary N) is 1. The van der Waals surface area contributed by atoms with E-state index in [-0.39, 0.29) is 5.82 Å². The third kappa shape index (κ3) is 4.77. The van der Waals surface area contributed by atoms with Crippen LogP contribution in [0.1, 0.15) is 39.5 Å². The summed E-state index contributed by atoms with van der Waals surface area (Å²) in [6.07, 6.45) is 4.43. The van der Waals surface area contributed by atoms with E-state index in [1.807, 2.05) is 6.92 Å². The number of unbranched alkanes of at least 4 members (excludes halogenated alkanes) is 2. The molecule has 0 aromatic heterocycles. The standard InChI is InChI=1S/C14H22FNOS/c1-3-5-6-8-18-14-10-13(17-7-4-2)11(15)9-12(14)16/h9-10H,3-8,16H2,1-2H3. The highest BCUT2D eigenvalue weighted by molar-refractivity contribution is 7.99. The summed E-state index contributed by atoms with van der Waals surface area (Å²) < 4.78 is 18.9. The Morgan fingerprint density at radius 1 is 1.22 bits per heavy atom. The van der Waals surface area contributed by atoms with E-state index in [0.717, 1.165) is 23.5 Å². The lowest BCUT2D eigenvalue weighted by Gasteiger charge is -2.10. The second-order valence-corrected chi connectivity index (χ2v) is 5.36. The SMILES string of the molecule is CCCCCSc1cc(OCCC)c(F)cc1N. The van der Waals surface area contributed by atoms with Crippen molar-refractivity contribution < 1.29 is 9.13 Å². The van der Waals surface area contributed by atoms with Crippen LogP contribution in [0.25, 0.3) is 0 Å². The van der Waals surface area contributed by atoms with Crippen molar-refractivity contribution in [1.29, 1.82) is 0 Å². The normalized spacial score (nSPS) is 10.6. The van der Waals surface area contributed by atoms with Crippen LogP contribution < -0.4 is 10.5 Å². The fourth-order valence-electron chi connectivity index (χ4n) is 1.53. The summed E-state index contributed by atoms with van der Waals surface area (Å²) in [6.45, 7) is 4.70. The van der Waals surface area contributed by atoms with Crippen LogP contribution in [0.2, 0.25) is 0 Å². The molecule has 0 bridgehead atoms. The minimum absolute atomic E-state index is 0.309. The average molecular weight is 271 g/mol. The Balaban J connectivity index is 2.65. The fraction of sp³-hybridized carbons (Fsp3) is 0.571. The fourth-order valence-corrected chi connectivity index (χ4v) is 2.52. The maximum atomic E-state index is 13.6. The third-order valence-corrected chi connectivity index (χ3v) is 3.69.